The summed E-state index contributed by atoms with van der Waals surface area (Å²) in [5, 5.41) is 16.9. The third-order valence-corrected chi connectivity index (χ3v) is 5.47. The molecule has 0 fully saturated rings. The SMILES string of the molecule is CCC(C)C(NC(=O)C(CC(C)C)NC(=O)C(N)CCC(N)=O)C(=O)NC(CCC(N)=O)C(=O)O. The van der Waals surface area contributed by atoms with Crippen LogP contribution in [0.15, 0.2) is 0 Å². The van der Waals surface area contributed by atoms with Gasteiger partial charge in [0.15, 0.2) is 0 Å². The number of nitrogens with one attached hydrogen (secondary N) is 3. The second-order valence-corrected chi connectivity index (χ2v) is 9.08. The van der Waals surface area contributed by atoms with Crippen molar-refractivity contribution in [3.63, 3.8) is 0 Å². The van der Waals surface area contributed by atoms with Gasteiger partial charge in [-0.25, -0.2) is 4.79 Å². The summed E-state index contributed by atoms with van der Waals surface area (Å²) in [6.07, 6.45) is 0.203. The molecule has 5 unspecified atom stereocenters. The molecule has 0 spiro atoms. The van der Waals surface area contributed by atoms with Crippen LogP contribution in [0.3, 0.4) is 0 Å². The van der Waals surface area contributed by atoms with Crippen LogP contribution in [0.4, 0.5) is 0 Å². The Morgan fingerprint density at radius 2 is 1.29 bits per heavy atom. The Morgan fingerprint density at radius 3 is 1.74 bits per heavy atom. The van der Waals surface area contributed by atoms with Crippen molar-refractivity contribution in [1.29, 1.82) is 0 Å². The maximum Gasteiger partial charge on any atom is 0.326 e. The monoisotopic (exact) mass is 500 g/mol. The number of carbonyl (C=O) groups is 6. The first-order valence-corrected chi connectivity index (χ1v) is 11.7. The molecule has 0 aliphatic rings. The minimum absolute atomic E-state index is 0.00559. The Kier molecular flexibility index (Phi) is 14.2. The van der Waals surface area contributed by atoms with Gasteiger partial charge in [0.25, 0.3) is 0 Å². The molecule has 0 aromatic carbocycles. The van der Waals surface area contributed by atoms with Gasteiger partial charge in [0.1, 0.15) is 18.1 Å². The van der Waals surface area contributed by atoms with E-state index in [9.17, 15) is 33.9 Å². The van der Waals surface area contributed by atoms with Crippen LogP contribution in [0.5, 0.6) is 0 Å². The molecule has 0 bridgehead atoms. The van der Waals surface area contributed by atoms with Crippen molar-refractivity contribution in [3.8, 4) is 0 Å². The molecule has 10 N–H and O–H groups in total. The van der Waals surface area contributed by atoms with Crippen LogP contribution in [-0.2, 0) is 28.8 Å². The van der Waals surface area contributed by atoms with Gasteiger partial charge in [-0.1, -0.05) is 34.1 Å². The summed E-state index contributed by atoms with van der Waals surface area (Å²) in [7, 11) is 0. The zero-order valence-electron chi connectivity index (χ0n) is 20.8. The van der Waals surface area contributed by atoms with Crippen molar-refractivity contribution in [3.05, 3.63) is 0 Å². The van der Waals surface area contributed by atoms with Gasteiger partial charge in [-0.3, -0.25) is 24.0 Å². The fourth-order valence-electron chi connectivity index (χ4n) is 3.17. The first kappa shape index (κ1) is 31.8. The van der Waals surface area contributed by atoms with Crippen LogP contribution >= 0.6 is 0 Å². The van der Waals surface area contributed by atoms with E-state index < -0.39 is 59.7 Å². The number of amides is 5. The molecule has 0 aliphatic heterocycles. The molecule has 0 saturated heterocycles. The number of carboxylic acid groups (broad SMARTS) is 1. The van der Waals surface area contributed by atoms with E-state index in [1.807, 2.05) is 13.8 Å². The van der Waals surface area contributed by atoms with Gasteiger partial charge < -0.3 is 38.3 Å². The van der Waals surface area contributed by atoms with Crippen LogP contribution in [-0.4, -0.2) is 64.8 Å². The van der Waals surface area contributed by atoms with Crippen LogP contribution in [0.1, 0.15) is 66.2 Å². The highest BCUT2D eigenvalue weighted by atomic mass is 16.4. The van der Waals surface area contributed by atoms with Crippen LogP contribution in [0.25, 0.3) is 0 Å². The molecule has 0 aromatic rings. The van der Waals surface area contributed by atoms with E-state index in [1.54, 1.807) is 13.8 Å². The van der Waals surface area contributed by atoms with E-state index in [0.29, 0.717) is 6.42 Å². The molecule has 13 nitrogen and oxygen atoms in total. The summed E-state index contributed by atoms with van der Waals surface area (Å²) in [5.41, 5.74) is 15.9. The molecule has 0 saturated carbocycles. The third-order valence-electron chi connectivity index (χ3n) is 5.47. The Bertz CT molecular complexity index is 773. The van der Waals surface area contributed by atoms with Crippen molar-refractivity contribution in [2.75, 3.05) is 0 Å². The standard InChI is InChI=1S/C22H40N6O7/c1-5-12(4)18(21(33)26-14(22(34)35)7-9-17(25)30)28-20(32)15(10-11(2)3)27-19(31)13(23)6-8-16(24)29/h11-15,18H,5-10,23H2,1-4H3,(H2,24,29)(H2,25,30)(H,26,33)(H,27,31)(H,28,32)(H,34,35). The van der Waals surface area contributed by atoms with Crippen molar-refractivity contribution in [2.45, 2.75) is 90.4 Å². The molecule has 13 heteroatoms. The van der Waals surface area contributed by atoms with Crippen molar-refractivity contribution >= 4 is 35.5 Å². The number of carboxylic acids is 1. The molecule has 200 valence electrons. The molecular formula is C22H40N6O7. The van der Waals surface area contributed by atoms with E-state index >= 15 is 0 Å². The van der Waals surface area contributed by atoms with Crippen molar-refractivity contribution < 1.29 is 33.9 Å². The number of carbonyl (C=O) groups excluding carboxylic acids is 5. The molecule has 0 rings (SSSR count). The van der Waals surface area contributed by atoms with Gasteiger partial charge in [-0.05, 0) is 31.1 Å². The lowest BCUT2D eigenvalue weighted by atomic mass is 9.96. The first-order valence-electron chi connectivity index (χ1n) is 11.7. The predicted molar refractivity (Wildman–Crippen MR) is 127 cm³/mol. The zero-order valence-corrected chi connectivity index (χ0v) is 20.8. The van der Waals surface area contributed by atoms with Crippen LogP contribution < -0.4 is 33.2 Å². The summed E-state index contributed by atoms with van der Waals surface area (Å²) in [6, 6.07) is -4.54. The van der Waals surface area contributed by atoms with E-state index in [0.717, 1.165) is 0 Å². The Hall–Kier alpha value is -3.22. The zero-order chi connectivity index (χ0) is 27.3. The largest absolute Gasteiger partial charge is 0.480 e. The van der Waals surface area contributed by atoms with Crippen molar-refractivity contribution in [2.24, 2.45) is 29.0 Å². The maximum atomic E-state index is 13.1. The lowest BCUT2D eigenvalue weighted by Crippen LogP contribution is -2.59. The lowest BCUT2D eigenvalue weighted by Gasteiger charge is -2.28. The lowest BCUT2D eigenvalue weighted by molar-refractivity contribution is -0.143. The fourth-order valence-corrected chi connectivity index (χ4v) is 3.17. The Balaban J connectivity index is 5.54. The fraction of sp³-hybridized carbons (Fsp3) is 0.727. The number of nitrogens with two attached hydrogens (primary N) is 3. The minimum Gasteiger partial charge on any atom is -0.480 e. The topological polar surface area (TPSA) is 237 Å². The first-order chi connectivity index (χ1) is 16.2. The van der Waals surface area contributed by atoms with Gasteiger partial charge in [0.05, 0.1) is 6.04 Å². The Labute approximate surface area is 205 Å². The average Bonchev–Trinajstić information content (AvgIpc) is 2.76. The third kappa shape index (κ3) is 12.7. The van der Waals surface area contributed by atoms with Gasteiger partial charge in [-0.15, -0.1) is 0 Å². The smallest absolute Gasteiger partial charge is 0.326 e. The minimum atomic E-state index is -1.37. The molecule has 0 aliphatic carbocycles. The normalized spacial score (nSPS) is 15.3. The van der Waals surface area contributed by atoms with Crippen molar-refractivity contribution in [1.82, 2.24) is 16.0 Å². The second kappa shape index (κ2) is 15.6. The number of aliphatic carboxylic acids is 1. The van der Waals surface area contributed by atoms with E-state index in [2.05, 4.69) is 16.0 Å². The summed E-state index contributed by atoms with van der Waals surface area (Å²) < 4.78 is 0. The maximum absolute atomic E-state index is 13.1. The quantitative estimate of drug-likeness (QED) is 0.123. The average molecular weight is 501 g/mol. The summed E-state index contributed by atoms with van der Waals surface area (Å²) in [6.45, 7) is 7.19. The molecular weight excluding hydrogens is 460 g/mol. The Morgan fingerprint density at radius 1 is 0.771 bits per heavy atom. The van der Waals surface area contributed by atoms with Gasteiger partial charge in [-0.2, -0.15) is 0 Å². The number of hydrogen-bond acceptors (Lipinski definition) is 7. The van der Waals surface area contributed by atoms with Gasteiger partial charge >= 0.3 is 5.97 Å². The van der Waals surface area contributed by atoms with Crippen LogP contribution in [0.2, 0.25) is 0 Å². The molecule has 35 heavy (non-hydrogen) atoms. The second-order valence-electron chi connectivity index (χ2n) is 9.08. The number of rotatable bonds is 17. The summed E-state index contributed by atoms with van der Waals surface area (Å²) in [5.74, 6) is -5.07. The van der Waals surface area contributed by atoms with Gasteiger partial charge in [0, 0.05) is 12.8 Å². The number of hydrogen-bond donors (Lipinski definition) is 7. The van der Waals surface area contributed by atoms with Crippen LogP contribution in [0, 0.1) is 11.8 Å². The molecule has 0 radical (unpaired) electrons. The summed E-state index contributed by atoms with van der Waals surface area (Å²) in [4.78, 5) is 71.9. The van der Waals surface area contributed by atoms with E-state index in [1.165, 1.54) is 0 Å². The summed E-state index contributed by atoms with van der Waals surface area (Å²) >= 11 is 0. The molecule has 0 heterocycles. The van der Waals surface area contributed by atoms with E-state index in [-0.39, 0.29) is 43.9 Å². The highest BCUT2D eigenvalue weighted by Gasteiger charge is 2.33. The molecule has 0 aromatic heterocycles. The highest BCUT2D eigenvalue weighted by Crippen LogP contribution is 2.12. The molecule has 5 atom stereocenters. The highest BCUT2D eigenvalue weighted by molar-refractivity contribution is 5.94. The van der Waals surface area contributed by atoms with E-state index in [4.69, 9.17) is 17.2 Å². The predicted octanol–water partition coefficient (Wildman–Crippen LogP) is -1.52. The molecule has 5 amide bonds. The number of primary amides is 2. The van der Waals surface area contributed by atoms with Gasteiger partial charge in [0.2, 0.25) is 29.5 Å².